The second kappa shape index (κ2) is 4.69. The van der Waals surface area contributed by atoms with Gasteiger partial charge in [0.1, 0.15) is 5.78 Å². The van der Waals surface area contributed by atoms with Crippen molar-refractivity contribution in [2.24, 2.45) is 0 Å². The number of aromatic nitrogens is 2. The zero-order valence-corrected chi connectivity index (χ0v) is 8.82. The quantitative estimate of drug-likeness (QED) is 0.720. The number of hydrogen-bond donors (Lipinski definition) is 0. The average molecular weight is 193 g/mol. The molecule has 0 N–H and O–H groups in total. The van der Waals surface area contributed by atoms with Crippen molar-refractivity contribution in [3.05, 3.63) is 18.0 Å². The number of Topliss-reactive ketones (excluding diaryl/α,β-unsaturated/α-hetero) is 1. The molecule has 0 aromatic carbocycles. The summed E-state index contributed by atoms with van der Waals surface area (Å²) in [5.41, 5.74) is 0.935. The summed E-state index contributed by atoms with van der Waals surface area (Å²) in [7, 11) is 1.89. The van der Waals surface area contributed by atoms with Crippen LogP contribution in [0.1, 0.15) is 19.0 Å². The molecule has 0 aliphatic carbocycles. The van der Waals surface area contributed by atoms with Crippen LogP contribution in [0.4, 0.5) is 5.95 Å². The fourth-order valence-electron chi connectivity index (χ4n) is 1.04. The number of rotatable bonds is 4. The van der Waals surface area contributed by atoms with E-state index in [9.17, 15) is 4.79 Å². The molecule has 0 spiro atoms. The second-order valence-electron chi connectivity index (χ2n) is 3.37. The highest BCUT2D eigenvalue weighted by molar-refractivity contribution is 5.75. The Morgan fingerprint density at radius 3 is 2.86 bits per heavy atom. The fourth-order valence-corrected chi connectivity index (χ4v) is 1.04. The molecule has 0 radical (unpaired) electrons. The number of hydrogen-bond acceptors (Lipinski definition) is 4. The molecule has 1 aromatic rings. The van der Waals surface area contributed by atoms with Gasteiger partial charge in [0, 0.05) is 31.9 Å². The van der Waals surface area contributed by atoms with Crippen molar-refractivity contribution in [3.63, 3.8) is 0 Å². The summed E-state index contributed by atoms with van der Waals surface area (Å²) in [4.78, 5) is 21.0. The van der Waals surface area contributed by atoms with Gasteiger partial charge in [-0.05, 0) is 19.9 Å². The van der Waals surface area contributed by atoms with Crippen LogP contribution in [0.25, 0.3) is 0 Å². The van der Waals surface area contributed by atoms with E-state index in [2.05, 4.69) is 9.97 Å². The lowest BCUT2D eigenvalue weighted by molar-refractivity contribution is -0.116. The lowest BCUT2D eigenvalue weighted by atomic mass is 10.3. The first-order valence-electron chi connectivity index (χ1n) is 4.60. The molecule has 1 rings (SSSR count). The predicted octanol–water partition coefficient (Wildman–Crippen LogP) is 1.20. The van der Waals surface area contributed by atoms with Gasteiger partial charge >= 0.3 is 0 Å². The van der Waals surface area contributed by atoms with Crippen molar-refractivity contribution in [1.82, 2.24) is 9.97 Å². The number of ketones is 1. The molecular formula is C10H15N3O. The first kappa shape index (κ1) is 10.6. The number of anilines is 1. The summed E-state index contributed by atoms with van der Waals surface area (Å²) in [5.74, 6) is 0.857. The molecule has 4 nitrogen and oxygen atoms in total. The summed E-state index contributed by atoms with van der Waals surface area (Å²) in [6.07, 6.45) is 2.26. The Balaban J connectivity index is 2.60. The topological polar surface area (TPSA) is 46.1 Å². The zero-order valence-electron chi connectivity index (χ0n) is 8.82. The summed E-state index contributed by atoms with van der Waals surface area (Å²) < 4.78 is 0. The number of aryl methyl sites for hydroxylation is 1. The number of carbonyl (C=O) groups is 1. The highest BCUT2D eigenvalue weighted by atomic mass is 16.1. The first-order valence-corrected chi connectivity index (χ1v) is 4.60. The van der Waals surface area contributed by atoms with Crippen molar-refractivity contribution in [2.75, 3.05) is 18.5 Å². The summed E-state index contributed by atoms with van der Waals surface area (Å²) >= 11 is 0. The SMILES string of the molecule is CC(=O)CCN(C)c1nccc(C)n1. The lowest BCUT2D eigenvalue weighted by Crippen LogP contribution is -2.22. The Morgan fingerprint density at radius 2 is 2.29 bits per heavy atom. The van der Waals surface area contributed by atoms with E-state index in [-0.39, 0.29) is 5.78 Å². The minimum Gasteiger partial charge on any atom is -0.343 e. The molecule has 14 heavy (non-hydrogen) atoms. The maximum Gasteiger partial charge on any atom is 0.225 e. The normalized spacial score (nSPS) is 9.93. The van der Waals surface area contributed by atoms with Gasteiger partial charge in [-0.2, -0.15) is 0 Å². The summed E-state index contributed by atoms with van der Waals surface area (Å²) in [6, 6.07) is 1.85. The average Bonchev–Trinajstić information content (AvgIpc) is 2.14. The van der Waals surface area contributed by atoms with E-state index < -0.39 is 0 Å². The Morgan fingerprint density at radius 1 is 1.57 bits per heavy atom. The standard InChI is InChI=1S/C10H15N3O/c1-8-4-6-11-10(12-8)13(3)7-5-9(2)14/h4,6H,5,7H2,1-3H3. The van der Waals surface area contributed by atoms with E-state index in [0.29, 0.717) is 18.9 Å². The predicted molar refractivity (Wildman–Crippen MR) is 55.3 cm³/mol. The Kier molecular flexibility index (Phi) is 3.56. The fraction of sp³-hybridized carbons (Fsp3) is 0.500. The zero-order chi connectivity index (χ0) is 10.6. The second-order valence-corrected chi connectivity index (χ2v) is 3.37. The molecular weight excluding hydrogens is 178 g/mol. The van der Waals surface area contributed by atoms with E-state index in [0.717, 1.165) is 5.69 Å². The monoisotopic (exact) mass is 193 g/mol. The number of carbonyl (C=O) groups excluding carboxylic acids is 1. The van der Waals surface area contributed by atoms with Gasteiger partial charge in [0.15, 0.2) is 0 Å². The van der Waals surface area contributed by atoms with Crippen molar-refractivity contribution >= 4 is 11.7 Å². The third kappa shape index (κ3) is 3.12. The first-order chi connectivity index (χ1) is 6.59. The van der Waals surface area contributed by atoms with E-state index in [1.54, 1.807) is 13.1 Å². The van der Waals surface area contributed by atoms with Gasteiger partial charge < -0.3 is 4.90 Å². The Hall–Kier alpha value is -1.45. The molecule has 0 aliphatic rings. The molecule has 0 atom stereocenters. The molecule has 0 unspecified atom stereocenters. The Bertz CT molecular complexity index is 325. The van der Waals surface area contributed by atoms with E-state index in [1.807, 2.05) is 24.9 Å². The maximum absolute atomic E-state index is 10.8. The van der Waals surface area contributed by atoms with Crippen LogP contribution in [-0.4, -0.2) is 29.3 Å². The van der Waals surface area contributed by atoms with Crippen LogP contribution in [-0.2, 0) is 4.79 Å². The maximum atomic E-state index is 10.8. The van der Waals surface area contributed by atoms with Crippen molar-refractivity contribution < 1.29 is 4.79 Å². The van der Waals surface area contributed by atoms with Crippen LogP contribution in [0, 0.1) is 6.92 Å². The van der Waals surface area contributed by atoms with Gasteiger partial charge in [-0.3, -0.25) is 4.79 Å². The molecule has 1 heterocycles. The number of nitrogens with zero attached hydrogens (tertiary/aromatic N) is 3. The van der Waals surface area contributed by atoms with Crippen LogP contribution in [0.3, 0.4) is 0 Å². The van der Waals surface area contributed by atoms with Crippen LogP contribution in [0.5, 0.6) is 0 Å². The van der Waals surface area contributed by atoms with Crippen LogP contribution in [0.15, 0.2) is 12.3 Å². The van der Waals surface area contributed by atoms with Crippen LogP contribution < -0.4 is 4.90 Å². The smallest absolute Gasteiger partial charge is 0.225 e. The minimum atomic E-state index is 0.185. The van der Waals surface area contributed by atoms with Gasteiger partial charge in [-0.1, -0.05) is 0 Å². The molecule has 76 valence electrons. The minimum absolute atomic E-state index is 0.185. The third-order valence-corrected chi connectivity index (χ3v) is 1.92. The van der Waals surface area contributed by atoms with E-state index in [1.165, 1.54) is 0 Å². The van der Waals surface area contributed by atoms with E-state index in [4.69, 9.17) is 0 Å². The van der Waals surface area contributed by atoms with E-state index >= 15 is 0 Å². The van der Waals surface area contributed by atoms with Gasteiger partial charge in [0.2, 0.25) is 5.95 Å². The highest BCUT2D eigenvalue weighted by Crippen LogP contribution is 2.05. The van der Waals surface area contributed by atoms with Gasteiger partial charge in [0.05, 0.1) is 0 Å². The summed E-state index contributed by atoms with van der Waals surface area (Å²) in [6.45, 7) is 4.17. The van der Waals surface area contributed by atoms with Crippen molar-refractivity contribution in [1.29, 1.82) is 0 Å². The molecule has 0 bridgehead atoms. The van der Waals surface area contributed by atoms with Gasteiger partial charge in [-0.15, -0.1) is 0 Å². The largest absolute Gasteiger partial charge is 0.343 e. The molecule has 0 amide bonds. The van der Waals surface area contributed by atoms with Crippen LogP contribution >= 0.6 is 0 Å². The van der Waals surface area contributed by atoms with Crippen molar-refractivity contribution in [3.8, 4) is 0 Å². The molecule has 0 fully saturated rings. The third-order valence-electron chi connectivity index (χ3n) is 1.92. The molecule has 0 saturated carbocycles. The molecule has 0 aliphatic heterocycles. The highest BCUT2D eigenvalue weighted by Gasteiger charge is 2.04. The van der Waals surface area contributed by atoms with Gasteiger partial charge in [-0.25, -0.2) is 9.97 Å². The molecule has 0 saturated heterocycles. The van der Waals surface area contributed by atoms with Gasteiger partial charge in [0.25, 0.3) is 0 Å². The van der Waals surface area contributed by atoms with Crippen molar-refractivity contribution in [2.45, 2.75) is 20.3 Å². The van der Waals surface area contributed by atoms with Crippen LogP contribution in [0.2, 0.25) is 0 Å². The summed E-state index contributed by atoms with van der Waals surface area (Å²) in [5, 5.41) is 0. The lowest BCUT2D eigenvalue weighted by Gasteiger charge is -2.15. The molecule has 1 aromatic heterocycles. The molecule has 4 heteroatoms. The Labute approximate surface area is 84.0 Å².